The van der Waals surface area contributed by atoms with Crippen LogP contribution in [0.5, 0.6) is 0 Å². The normalized spacial score (nSPS) is 20.5. The lowest BCUT2D eigenvalue weighted by molar-refractivity contribution is -0.159. The molecule has 10 heteroatoms. The lowest BCUT2D eigenvalue weighted by atomic mass is 9.92. The van der Waals surface area contributed by atoms with Gasteiger partial charge in [-0.2, -0.15) is 0 Å². The summed E-state index contributed by atoms with van der Waals surface area (Å²) in [7, 11) is 0. The highest BCUT2D eigenvalue weighted by Gasteiger charge is 2.39. The van der Waals surface area contributed by atoms with E-state index >= 15 is 0 Å². The Labute approximate surface area is 174 Å². The third kappa shape index (κ3) is 5.65. The first-order valence-electron chi connectivity index (χ1n) is 9.88. The summed E-state index contributed by atoms with van der Waals surface area (Å²) in [6, 6.07) is 4.19. The molecule has 3 amide bonds. The maximum atomic E-state index is 13.2. The first-order chi connectivity index (χ1) is 14.0. The van der Waals surface area contributed by atoms with E-state index in [-0.39, 0.29) is 23.5 Å². The van der Waals surface area contributed by atoms with Gasteiger partial charge < -0.3 is 5.32 Å². The summed E-state index contributed by atoms with van der Waals surface area (Å²) in [5.41, 5.74) is 2.97. The van der Waals surface area contributed by atoms with Gasteiger partial charge in [-0.25, -0.2) is 15.5 Å². The van der Waals surface area contributed by atoms with Crippen molar-refractivity contribution < 1.29 is 19.6 Å². The molecule has 29 heavy (non-hydrogen) atoms. The number of rotatable bonds is 8. The highest BCUT2D eigenvalue weighted by molar-refractivity contribution is 6.29. The molecule has 1 saturated carbocycles. The predicted octanol–water partition coefficient (Wildman–Crippen LogP) is 1.82. The Morgan fingerprint density at radius 1 is 1.38 bits per heavy atom. The van der Waals surface area contributed by atoms with Crippen LogP contribution in [-0.4, -0.2) is 57.6 Å². The van der Waals surface area contributed by atoms with Crippen LogP contribution in [0.15, 0.2) is 18.2 Å². The zero-order valence-electron chi connectivity index (χ0n) is 16.1. The lowest BCUT2D eigenvalue weighted by Crippen LogP contribution is -2.51. The molecule has 1 aliphatic heterocycles. The minimum absolute atomic E-state index is 0.0960. The summed E-state index contributed by atoms with van der Waals surface area (Å²) in [5, 5.41) is 14.4. The molecule has 2 atom stereocenters. The van der Waals surface area contributed by atoms with Gasteiger partial charge in [0.25, 0.3) is 0 Å². The highest BCUT2D eigenvalue weighted by atomic mass is 35.5. The molecular weight excluding hydrogens is 398 g/mol. The van der Waals surface area contributed by atoms with Crippen LogP contribution in [0.25, 0.3) is 0 Å². The van der Waals surface area contributed by atoms with Crippen molar-refractivity contribution in [1.82, 2.24) is 20.5 Å². The number of aromatic nitrogens is 1. The van der Waals surface area contributed by atoms with Gasteiger partial charge in [-0.05, 0) is 30.9 Å². The molecule has 2 heterocycles. The number of hydrazine groups is 1. The van der Waals surface area contributed by atoms with Crippen LogP contribution >= 0.6 is 11.6 Å². The lowest BCUT2D eigenvalue weighted by Gasteiger charge is -2.29. The molecule has 9 nitrogen and oxygen atoms in total. The van der Waals surface area contributed by atoms with Crippen LogP contribution in [0.3, 0.4) is 0 Å². The number of amides is 3. The smallest absolute Gasteiger partial charge is 0.250 e. The number of anilines is 1. The summed E-state index contributed by atoms with van der Waals surface area (Å²) < 4.78 is 0. The number of hydrogen-bond donors (Lipinski definition) is 3. The van der Waals surface area contributed by atoms with E-state index < -0.39 is 12.0 Å². The number of carbonyl (C=O) groups is 3. The summed E-state index contributed by atoms with van der Waals surface area (Å²) >= 11 is 5.86. The maximum Gasteiger partial charge on any atom is 0.250 e. The van der Waals surface area contributed by atoms with Crippen LogP contribution < -0.4 is 10.7 Å². The standard InChI is InChI=1S/C19H26ClN5O4/c20-16-6-3-7-17(22-16)23-18(27)15-8-9-21-25(15)19(28)14(11-24(29)12-26)10-13-4-1-2-5-13/h3,6-7,12-15,21,29H,1-2,4-5,8-11H2,(H,22,23,27)/t14-,15+/m1/s1. The number of nitrogens with zero attached hydrogens (tertiary/aromatic N) is 3. The van der Waals surface area contributed by atoms with E-state index in [0.29, 0.717) is 42.6 Å². The Morgan fingerprint density at radius 3 is 2.83 bits per heavy atom. The first kappa shape index (κ1) is 21.5. The van der Waals surface area contributed by atoms with Gasteiger partial charge in [0.05, 0.1) is 12.5 Å². The minimum atomic E-state index is -0.710. The molecule has 2 fully saturated rings. The van der Waals surface area contributed by atoms with Gasteiger partial charge in [-0.3, -0.25) is 24.6 Å². The molecule has 2 aliphatic rings. The van der Waals surface area contributed by atoms with Crippen LogP contribution in [0.2, 0.25) is 5.15 Å². The number of pyridine rings is 1. The van der Waals surface area contributed by atoms with E-state index in [4.69, 9.17) is 11.6 Å². The van der Waals surface area contributed by atoms with Crippen molar-refractivity contribution >= 4 is 35.6 Å². The van der Waals surface area contributed by atoms with Gasteiger partial charge >= 0.3 is 0 Å². The number of halogens is 1. The van der Waals surface area contributed by atoms with Crippen LogP contribution in [0, 0.1) is 11.8 Å². The van der Waals surface area contributed by atoms with Gasteiger partial charge in [0.2, 0.25) is 18.2 Å². The average molecular weight is 424 g/mol. The summed E-state index contributed by atoms with van der Waals surface area (Å²) in [6.45, 7) is 0.376. The molecule has 1 aromatic rings. The summed E-state index contributed by atoms with van der Waals surface area (Å²) in [6.07, 6.45) is 5.64. The quantitative estimate of drug-likeness (QED) is 0.254. The molecule has 0 aromatic carbocycles. The summed E-state index contributed by atoms with van der Waals surface area (Å²) in [5.74, 6) is -0.552. The van der Waals surface area contributed by atoms with Crippen molar-refractivity contribution in [3.63, 3.8) is 0 Å². The molecule has 1 aliphatic carbocycles. The molecule has 0 radical (unpaired) electrons. The molecule has 3 N–H and O–H groups in total. The fraction of sp³-hybridized carbons (Fsp3) is 0.579. The second-order valence-electron chi connectivity index (χ2n) is 7.57. The number of hydroxylamine groups is 2. The van der Waals surface area contributed by atoms with Crippen molar-refractivity contribution in [2.75, 3.05) is 18.4 Å². The van der Waals surface area contributed by atoms with E-state index in [9.17, 15) is 19.6 Å². The summed E-state index contributed by atoms with van der Waals surface area (Å²) in [4.78, 5) is 40.9. The zero-order chi connectivity index (χ0) is 20.8. The zero-order valence-corrected chi connectivity index (χ0v) is 16.8. The molecule has 0 bridgehead atoms. The Balaban J connectivity index is 1.69. The largest absolute Gasteiger partial charge is 0.309 e. The Kier molecular flexibility index (Phi) is 7.40. The second-order valence-corrected chi connectivity index (χ2v) is 7.95. The minimum Gasteiger partial charge on any atom is -0.309 e. The predicted molar refractivity (Wildman–Crippen MR) is 106 cm³/mol. The Bertz CT molecular complexity index is 743. The Hall–Kier alpha value is -2.23. The average Bonchev–Trinajstić information content (AvgIpc) is 3.38. The van der Waals surface area contributed by atoms with Crippen molar-refractivity contribution in [2.24, 2.45) is 11.8 Å². The third-order valence-corrected chi connectivity index (χ3v) is 5.70. The fourth-order valence-corrected chi connectivity index (χ4v) is 4.26. The topological polar surface area (TPSA) is 115 Å². The van der Waals surface area contributed by atoms with E-state index in [1.54, 1.807) is 18.2 Å². The van der Waals surface area contributed by atoms with E-state index in [2.05, 4.69) is 15.7 Å². The molecule has 0 spiro atoms. The number of nitrogens with one attached hydrogen (secondary N) is 2. The van der Waals surface area contributed by atoms with Crippen LogP contribution in [-0.2, 0) is 14.4 Å². The van der Waals surface area contributed by atoms with Crippen molar-refractivity contribution in [1.29, 1.82) is 0 Å². The van der Waals surface area contributed by atoms with Crippen molar-refractivity contribution in [2.45, 2.75) is 44.6 Å². The SMILES string of the molecule is O=CN(O)C[C@@H](CC1CCCC1)C(=O)N1NCC[C@H]1C(=O)Nc1cccc(Cl)n1. The first-order valence-corrected chi connectivity index (χ1v) is 10.3. The van der Waals surface area contributed by atoms with Crippen LogP contribution in [0.4, 0.5) is 5.82 Å². The molecule has 158 valence electrons. The van der Waals surface area contributed by atoms with E-state index in [1.807, 2.05) is 0 Å². The molecule has 3 rings (SSSR count). The molecule has 1 saturated heterocycles. The monoisotopic (exact) mass is 423 g/mol. The third-order valence-electron chi connectivity index (χ3n) is 5.49. The van der Waals surface area contributed by atoms with Gasteiger partial charge in [-0.15, -0.1) is 0 Å². The number of hydrogen-bond acceptors (Lipinski definition) is 6. The molecular formula is C19H26ClN5O4. The Morgan fingerprint density at radius 2 is 2.14 bits per heavy atom. The highest BCUT2D eigenvalue weighted by Crippen LogP contribution is 2.31. The van der Waals surface area contributed by atoms with E-state index in [0.717, 1.165) is 25.7 Å². The van der Waals surface area contributed by atoms with Crippen molar-refractivity contribution in [3.05, 3.63) is 23.4 Å². The van der Waals surface area contributed by atoms with Gasteiger partial charge in [-0.1, -0.05) is 43.4 Å². The van der Waals surface area contributed by atoms with Gasteiger partial charge in [0.1, 0.15) is 17.0 Å². The molecule has 1 aromatic heterocycles. The van der Waals surface area contributed by atoms with Crippen LogP contribution in [0.1, 0.15) is 38.5 Å². The fourth-order valence-electron chi connectivity index (χ4n) is 4.10. The number of carbonyl (C=O) groups excluding carboxylic acids is 3. The maximum absolute atomic E-state index is 13.2. The van der Waals surface area contributed by atoms with Gasteiger partial charge in [0, 0.05) is 6.54 Å². The van der Waals surface area contributed by atoms with E-state index in [1.165, 1.54) is 5.01 Å². The second kappa shape index (κ2) is 10.00. The molecule has 0 unspecified atom stereocenters. The van der Waals surface area contributed by atoms with Gasteiger partial charge in [0.15, 0.2) is 0 Å². The van der Waals surface area contributed by atoms with Crippen molar-refractivity contribution in [3.8, 4) is 0 Å².